The Balaban J connectivity index is 0. The lowest BCUT2D eigenvalue weighted by Crippen LogP contribution is -2.06. The molecule has 3 nitrogen and oxygen atoms in total. The highest BCUT2D eigenvalue weighted by Gasteiger charge is 1.68. The fraction of sp³-hybridized carbons (Fsp3) is 0.857. The van der Waals surface area contributed by atoms with Crippen LogP contribution < -0.4 is 5.73 Å². The molecular formula is C7H18N2O. The Morgan fingerprint density at radius 3 is 1.90 bits per heavy atom. The Morgan fingerprint density at radius 2 is 1.90 bits per heavy atom. The van der Waals surface area contributed by atoms with Crippen LogP contribution in [0.4, 0.5) is 0 Å². The van der Waals surface area contributed by atoms with E-state index in [9.17, 15) is 4.79 Å². The maximum atomic E-state index is 9.43. The molecule has 0 aliphatic carbocycles. The van der Waals surface area contributed by atoms with Crippen molar-refractivity contribution < 1.29 is 4.79 Å². The molecule has 0 radical (unpaired) electrons. The summed E-state index contributed by atoms with van der Waals surface area (Å²) in [5.41, 5.74) is 5.14. The highest BCUT2D eigenvalue weighted by Crippen LogP contribution is 1.77. The Kier molecular flexibility index (Phi) is 13.7. The van der Waals surface area contributed by atoms with Gasteiger partial charge >= 0.3 is 0 Å². The van der Waals surface area contributed by atoms with Gasteiger partial charge in [-0.2, -0.15) is 0 Å². The fourth-order valence-electron chi connectivity index (χ4n) is 0.204. The lowest BCUT2D eigenvalue weighted by Gasteiger charge is -1.93. The molecule has 0 aromatic rings. The van der Waals surface area contributed by atoms with E-state index in [1.165, 1.54) is 17.7 Å². The highest BCUT2D eigenvalue weighted by molar-refractivity contribution is 5.45. The van der Waals surface area contributed by atoms with E-state index in [1.807, 2.05) is 0 Å². The summed E-state index contributed by atoms with van der Waals surface area (Å²) in [4.78, 5) is 10.9. The van der Waals surface area contributed by atoms with Crippen molar-refractivity contribution >= 4 is 6.41 Å². The number of carbonyl (C=O) groups is 1. The Hall–Kier alpha value is -0.570. The average molecular weight is 146 g/mol. The molecule has 0 aromatic carbocycles. The van der Waals surface area contributed by atoms with Crippen LogP contribution in [0.2, 0.25) is 0 Å². The van der Waals surface area contributed by atoms with Crippen molar-refractivity contribution in [3.8, 4) is 0 Å². The van der Waals surface area contributed by atoms with Crippen molar-refractivity contribution in [2.24, 2.45) is 5.73 Å². The van der Waals surface area contributed by atoms with Gasteiger partial charge in [-0.25, -0.2) is 0 Å². The predicted molar refractivity (Wildman–Crippen MR) is 43.7 cm³/mol. The molecule has 0 bridgehead atoms. The smallest absolute Gasteiger partial charge is 0.209 e. The van der Waals surface area contributed by atoms with Gasteiger partial charge in [0.2, 0.25) is 6.41 Å². The van der Waals surface area contributed by atoms with E-state index in [2.05, 4.69) is 6.92 Å². The molecule has 0 atom stereocenters. The van der Waals surface area contributed by atoms with Crippen molar-refractivity contribution in [3.05, 3.63) is 0 Å². The lowest BCUT2D eigenvalue weighted by molar-refractivity contribution is -0.115. The summed E-state index contributed by atoms with van der Waals surface area (Å²) in [6.45, 7) is 2.98. The molecule has 0 heterocycles. The summed E-state index contributed by atoms with van der Waals surface area (Å²) in [6, 6.07) is 0. The summed E-state index contributed by atoms with van der Waals surface area (Å²) in [5.74, 6) is 0. The first-order valence-electron chi connectivity index (χ1n) is 3.50. The molecule has 62 valence electrons. The van der Waals surface area contributed by atoms with Gasteiger partial charge in [-0.1, -0.05) is 13.3 Å². The average Bonchev–Trinajstić information content (AvgIpc) is 1.91. The van der Waals surface area contributed by atoms with E-state index in [4.69, 9.17) is 5.73 Å². The second-order valence-electron chi connectivity index (χ2n) is 2.21. The largest absolute Gasteiger partial charge is 0.351 e. The number of nitrogens with two attached hydrogens (primary N) is 1. The Bertz CT molecular complexity index is 62.6. The van der Waals surface area contributed by atoms with Gasteiger partial charge in [-0.3, -0.25) is 4.79 Å². The summed E-state index contributed by atoms with van der Waals surface area (Å²) >= 11 is 0. The van der Waals surface area contributed by atoms with Gasteiger partial charge in [0.15, 0.2) is 0 Å². The summed E-state index contributed by atoms with van der Waals surface area (Å²) in [5, 5.41) is 0. The zero-order chi connectivity index (χ0) is 8.41. The molecule has 0 rings (SSSR count). The first kappa shape index (κ1) is 12.1. The first-order chi connectivity index (χ1) is 4.68. The highest BCUT2D eigenvalue weighted by atomic mass is 16.1. The standard InChI is InChI=1S/C4H11N.C3H7NO/c1-2-3-4-5;1-4(2)3-5/h2-5H2,1H3;3H,1-2H3. The van der Waals surface area contributed by atoms with E-state index in [-0.39, 0.29) is 0 Å². The molecule has 3 heteroatoms. The van der Waals surface area contributed by atoms with Gasteiger partial charge in [0.1, 0.15) is 0 Å². The number of carbonyl (C=O) groups excluding carboxylic acids is 1. The molecule has 1 amide bonds. The third-order valence-electron chi connectivity index (χ3n) is 0.768. The molecule has 0 saturated heterocycles. The predicted octanol–water partition coefficient (Wildman–Crippen LogP) is 0.450. The van der Waals surface area contributed by atoms with E-state index < -0.39 is 0 Å². The van der Waals surface area contributed by atoms with Crippen molar-refractivity contribution in [1.29, 1.82) is 0 Å². The van der Waals surface area contributed by atoms with Crippen LogP contribution in [0.15, 0.2) is 0 Å². The van der Waals surface area contributed by atoms with Crippen LogP contribution in [0.25, 0.3) is 0 Å². The number of nitrogens with zero attached hydrogens (tertiary/aromatic N) is 1. The van der Waals surface area contributed by atoms with Crippen molar-refractivity contribution in [2.75, 3.05) is 20.6 Å². The minimum absolute atomic E-state index is 0.750. The summed E-state index contributed by atoms with van der Waals surface area (Å²) in [7, 11) is 3.38. The normalized spacial score (nSPS) is 7.60. The molecule has 0 saturated carbocycles. The van der Waals surface area contributed by atoms with E-state index in [1.54, 1.807) is 14.1 Å². The SMILES string of the molecule is CCCCN.CN(C)C=O. The van der Waals surface area contributed by atoms with Crippen molar-refractivity contribution in [2.45, 2.75) is 19.8 Å². The number of hydrogen-bond donors (Lipinski definition) is 1. The van der Waals surface area contributed by atoms with E-state index in [0.717, 1.165) is 13.0 Å². The Labute approximate surface area is 63.2 Å². The van der Waals surface area contributed by atoms with Crippen molar-refractivity contribution in [3.63, 3.8) is 0 Å². The van der Waals surface area contributed by atoms with Crippen LogP contribution in [0.1, 0.15) is 19.8 Å². The molecule has 0 aliphatic heterocycles. The fourth-order valence-corrected chi connectivity index (χ4v) is 0.204. The topological polar surface area (TPSA) is 46.3 Å². The van der Waals surface area contributed by atoms with E-state index in [0.29, 0.717) is 0 Å². The minimum atomic E-state index is 0.750. The summed E-state index contributed by atoms with van der Waals surface area (Å²) < 4.78 is 0. The molecule has 0 unspecified atom stereocenters. The van der Waals surface area contributed by atoms with Gasteiger partial charge in [-0.15, -0.1) is 0 Å². The minimum Gasteiger partial charge on any atom is -0.351 e. The van der Waals surface area contributed by atoms with Gasteiger partial charge in [-0.05, 0) is 13.0 Å². The van der Waals surface area contributed by atoms with Gasteiger partial charge in [0.25, 0.3) is 0 Å². The number of rotatable bonds is 3. The van der Waals surface area contributed by atoms with Gasteiger partial charge in [0.05, 0.1) is 0 Å². The second-order valence-corrected chi connectivity index (χ2v) is 2.21. The molecular weight excluding hydrogens is 128 g/mol. The van der Waals surface area contributed by atoms with Crippen LogP contribution in [-0.4, -0.2) is 32.0 Å². The Morgan fingerprint density at radius 1 is 1.50 bits per heavy atom. The zero-order valence-corrected chi connectivity index (χ0v) is 7.13. The van der Waals surface area contributed by atoms with Crippen LogP contribution in [0.5, 0.6) is 0 Å². The van der Waals surface area contributed by atoms with Crippen LogP contribution in [0, 0.1) is 0 Å². The van der Waals surface area contributed by atoms with Gasteiger partial charge < -0.3 is 10.6 Å². The number of amides is 1. The molecule has 0 aliphatic rings. The second kappa shape index (κ2) is 11.3. The molecule has 0 aromatic heterocycles. The molecule has 0 spiro atoms. The quantitative estimate of drug-likeness (QED) is 0.588. The summed E-state index contributed by atoms with van der Waals surface area (Å²) in [6.07, 6.45) is 3.14. The first-order valence-corrected chi connectivity index (χ1v) is 3.50. The molecule has 0 fully saturated rings. The molecule has 2 N–H and O–H groups in total. The number of hydrogen-bond acceptors (Lipinski definition) is 2. The zero-order valence-electron chi connectivity index (χ0n) is 7.13. The third kappa shape index (κ3) is 26.1. The lowest BCUT2D eigenvalue weighted by atomic mass is 10.3. The van der Waals surface area contributed by atoms with Crippen molar-refractivity contribution in [1.82, 2.24) is 4.90 Å². The van der Waals surface area contributed by atoms with Gasteiger partial charge in [0, 0.05) is 14.1 Å². The van der Waals surface area contributed by atoms with E-state index >= 15 is 0 Å². The maximum Gasteiger partial charge on any atom is 0.209 e. The van der Waals surface area contributed by atoms with Crippen LogP contribution in [-0.2, 0) is 4.79 Å². The van der Waals surface area contributed by atoms with Crippen LogP contribution >= 0.6 is 0 Å². The number of unbranched alkanes of at least 4 members (excludes halogenated alkanes) is 1. The van der Waals surface area contributed by atoms with Crippen LogP contribution in [0.3, 0.4) is 0 Å². The monoisotopic (exact) mass is 146 g/mol. The molecule has 10 heavy (non-hydrogen) atoms. The third-order valence-corrected chi connectivity index (χ3v) is 0.768. The maximum absolute atomic E-state index is 9.43.